The minimum atomic E-state index is -0.913. The molecule has 0 bridgehead atoms. The van der Waals surface area contributed by atoms with Gasteiger partial charge in [-0.3, -0.25) is 0 Å². The summed E-state index contributed by atoms with van der Waals surface area (Å²) in [6.07, 6.45) is 2.63. The van der Waals surface area contributed by atoms with Crippen molar-refractivity contribution in [3.05, 3.63) is 35.5 Å². The molecule has 2 aromatic rings. The van der Waals surface area contributed by atoms with Crippen molar-refractivity contribution in [1.29, 1.82) is 0 Å². The van der Waals surface area contributed by atoms with Gasteiger partial charge in [0.2, 0.25) is 0 Å². The molecule has 0 aliphatic rings. The van der Waals surface area contributed by atoms with Gasteiger partial charge in [-0.15, -0.1) is 0 Å². The molecule has 0 saturated carbocycles. The molecule has 4 heteroatoms. The van der Waals surface area contributed by atoms with Crippen LogP contribution in [0.2, 0.25) is 0 Å². The van der Waals surface area contributed by atoms with Crippen molar-refractivity contribution in [3.63, 3.8) is 0 Å². The Balaban J connectivity index is 2.68. The van der Waals surface area contributed by atoms with Crippen molar-refractivity contribution in [3.8, 4) is 0 Å². The molecule has 2 rings (SSSR count). The van der Waals surface area contributed by atoms with Crippen LogP contribution in [0.15, 0.2) is 24.4 Å². The molecule has 19 heavy (non-hydrogen) atoms. The number of nitrogens with zero attached hydrogens (tertiary/aromatic N) is 1. The van der Waals surface area contributed by atoms with E-state index in [0.29, 0.717) is 24.4 Å². The van der Waals surface area contributed by atoms with E-state index in [4.69, 9.17) is 5.11 Å². The number of fused-ring (bicyclic) bond motifs is 1. The summed E-state index contributed by atoms with van der Waals surface area (Å²) in [7, 11) is 0. The number of aryl methyl sites for hydroxylation is 1. The summed E-state index contributed by atoms with van der Waals surface area (Å²) in [4.78, 5) is 11.4. The van der Waals surface area contributed by atoms with E-state index in [-0.39, 0.29) is 6.61 Å². The van der Waals surface area contributed by atoms with Crippen LogP contribution in [0.3, 0.4) is 0 Å². The molecule has 0 amide bonds. The van der Waals surface area contributed by atoms with E-state index >= 15 is 0 Å². The van der Waals surface area contributed by atoms with E-state index in [1.54, 1.807) is 12.1 Å². The van der Waals surface area contributed by atoms with Crippen molar-refractivity contribution in [2.75, 3.05) is 6.61 Å². The van der Waals surface area contributed by atoms with Gasteiger partial charge in [-0.1, -0.05) is 26.0 Å². The number of aliphatic hydroxyl groups is 1. The lowest BCUT2D eigenvalue weighted by atomic mass is 10.0. The topological polar surface area (TPSA) is 62.5 Å². The lowest BCUT2D eigenvalue weighted by Gasteiger charge is -2.06. The van der Waals surface area contributed by atoms with Gasteiger partial charge in [-0.2, -0.15) is 0 Å². The number of rotatable bonds is 5. The maximum absolute atomic E-state index is 11.4. The van der Waals surface area contributed by atoms with Gasteiger partial charge in [0, 0.05) is 24.7 Å². The molecule has 1 heterocycles. The van der Waals surface area contributed by atoms with Gasteiger partial charge in [0.25, 0.3) is 0 Å². The van der Waals surface area contributed by atoms with Gasteiger partial charge in [0.1, 0.15) is 0 Å². The zero-order chi connectivity index (χ0) is 14.0. The average molecular weight is 261 g/mol. The van der Waals surface area contributed by atoms with E-state index in [0.717, 1.165) is 16.5 Å². The number of carbonyl (C=O) groups is 1. The second-order valence-corrected chi connectivity index (χ2v) is 5.02. The van der Waals surface area contributed by atoms with Crippen LogP contribution >= 0.6 is 0 Å². The molecular weight excluding hydrogens is 242 g/mol. The lowest BCUT2D eigenvalue weighted by Crippen LogP contribution is -2.04. The fraction of sp³-hybridized carbons (Fsp3) is 0.400. The van der Waals surface area contributed by atoms with Gasteiger partial charge in [-0.05, 0) is 24.0 Å². The number of benzene rings is 1. The first-order chi connectivity index (χ1) is 9.06. The fourth-order valence-corrected chi connectivity index (χ4v) is 2.44. The Bertz CT molecular complexity index is 599. The first-order valence-electron chi connectivity index (χ1n) is 6.52. The van der Waals surface area contributed by atoms with Gasteiger partial charge in [-0.25, -0.2) is 4.79 Å². The van der Waals surface area contributed by atoms with Crippen molar-refractivity contribution >= 4 is 16.9 Å². The minimum Gasteiger partial charge on any atom is -0.478 e. The Morgan fingerprint density at radius 1 is 1.37 bits per heavy atom. The minimum absolute atomic E-state index is 0.103. The third-order valence-corrected chi connectivity index (χ3v) is 3.34. The molecular formula is C15H19NO3. The standard InChI is InChI=1S/C15H19NO3/c1-10(2)13-9-16(7-4-8-17)14-11(13)5-3-6-12(14)15(18)19/h3,5-6,9-10,17H,4,7-8H2,1-2H3,(H,18,19). The van der Waals surface area contributed by atoms with E-state index < -0.39 is 5.97 Å². The molecule has 0 saturated heterocycles. The summed E-state index contributed by atoms with van der Waals surface area (Å²) in [5.41, 5.74) is 2.23. The molecule has 0 spiro atoms. The molecule has 0 atom stereocenters. The number of carboxylic acid groups (broad SMARTS) is 1. The molecule has 0 unspecified atom stereocenters. The van der Waals surface area contributed by atoms with E-state index in [9.17, 15) is 9.90 Å². The van der Waals surface area contributed by atoms with Gasteiger partial charge in [0.05, 0.1) is 11.1 Å². The molecule has 102 valence electrons. The largest absolute Gasteiger partial charge is 0.478 e. The monoisotopic (exact) mass is 261 g/mol. The highest BCUT2D eigenvalue weighted by Gasteiger charge is 2.17. The van der Waals surface area contributed by atoms with Crippen LogP contribution in [0, 0.1) is 0 Å². The van der Waals surface area contributed by atoms with Crippen LogP contribution < -0.4 is 0 Å². The van der Waals surface area contributed by atoms with Gasteiger partial charge < -0.3 is 14.8 Å². The van der Waals surface area contributed by atoms with Gasteiger partial charge in [0.15, 0.2) is 0 Å². The summed E-state index contributed by atoms with van der Waals surface area (Å²) in [6, 6.07) is 5.38. The molecule has 0 aliphatic heterocycles. The van der Waals surface area contributed by atoms with Crippen LogP contribution in [0.1, 0.15) is 42.1 Å². The lowest BCUT2D eigenvalue weighted by molar-refractivity contribution is 0.0698. The number of aromatic carboxylic acids is 1. The number of aromatic nitrogens is 1. The van der Waals surface area contributed by atoms with Crippen molar-refractivity contribution in [2.24, 2.45) is 0 Å². The smallest absolute Gasteiger partial charge is 0.337 e. The Labute approximate surface area is 112 Å². The predicted octanol–water partition coefficient (Wildman–Crippen LogP) is 2.85. The molecule has 0 fully saturated rings. The first kappa shape index (κ1) is 13.6. The average Bonchev–Trinajstić information content (AvgIpc) is 2.75. The molecule has 0 aliphatic carbocycles. The van der Waals surface area contributed by atoms with Gasteiger partial charge >= 0.3 is 5.97 Å². The van der Waals surface area contributed by atoms with Crippen molar-refractivity contribution in [2.45, 2.75) is 32.7 Å². The van der Waals surface area contributed by atoms with E-state index in [1.165, 1.54) is 0 Å². The molecule has 1 aromatic heterocycles. The summed E-state index contributed by atoms with van der Waals surface area (Å²) < 4.78 is 1.95. The maximum atomic E-state index is 11.4. The zero-order valence-electron chi connectivity index (χ0n) is 11.3. The summed E-state index contributed by atoms with van der Waals surface area (Å²) in [5.74, 6) is -0.578. The third kappa shape index (κ3) is 2.49. The number of hydrogen-bond acceptors (Lipinski definition) is 2. The Kier molecular flexibility index (Phi) is 3.90. The maximum Gasteiger partial charge on any atom is 0.337 e. The van der Waals surface area contributed by atoms with Crippen LogP contribution in [0.5, 0.6) is 0 Å². The Hall–Kier alpha value is -1.81. The normalized spacial score (nSPS) is 11.4. The third-order valence-electron chi connectivity index (χ3n) is 3.34. The summed E-state index contributed by atoms with van der Waals surface area (Å²) in [5, 5.41) is 19.3. The molecule has 0 radical (unpaired) electrons. The molecule has 2 N–H and O–H groups in total. The quantitative estimate of drug-likeness (QED) is 0.870. The second kappa shape index (κ2) is 5.45. The Morgan fingerprint density at radius 2 is 2.11 bits per heavy atom. The van der Waals surface area contributed by atoms with Crippen LogP contribution in [-0.2, 0) is 6.54 Å². The van der Waals surface area contributed by atoms with E-state index in [2.05, 4.69) is 13.8 Å². The Morgan fingerprint density at radius 3 is 2.68 bits per heavy atom. The summed E-state index contributed by atoms with van der Waals surface area (Å²) in [6.45, 7) is 4.92. The van der Waals surface area contributed by atoms with E-state index in [1.807, 2.05) is 16.8 Å². The highest BCUT2D eigenvalue weighted by Crippen LogP contribution is 2.30. The number of hydrogen-bond donors (Lipinski definition) is 2. The highest BCUT2D eigenvalue weighted by molar-refractivity contribution is 6.03. The number of aliphatic hydroxyl groups excluding tert-OH is 1. The van der Waals surface area contributed by atoms with Crippen LogP contribution in [0.25, 0.3) is 10.9 Å². The summed E-state index contributed by atoms with van der Waals surface area (Å²) >= 11 is 0. The molecule has 4 nitrogen and oxygen atoms in total. The molecule has 1 aromatic carbocycles. The highest BCUT2D eigenvalue weighted by atomic mass is 16.4. The fourth-order valence-electron chi connectivity index (χ4n) is 2.44. The number of para-hydroxylation sites is 1. The van der Waals surface area contributed by atoms with Crippen LogP contribution in [0.4, 0.5) is 0 Å². The van der Waals surface area contributed by atoms with Crippen LogP contribution in [-0.4, -0.2) is 27.4 Å². The number of carboxylic acids is 1. The first-order valence-corrected chi connectivity index (χ1v) is 6.52. The van der Waals surface area contributed by atoms with Crippen molar-refractivity contribution in [1.82, 2.24) is 4.57 Å². The van der Waals surface area contributed by atoms with Crippen molar-refractivity contribution < 1.29 is 15.0 Å². The zero-order valence-corrected chi connectivity index (χ0v) is 11.3. The SMILES string of the molecule is CC(C)c1cn(CCCO)c2c(C(=O)O)cccc12. The second-order valence-electron chi connectivity index (χ2n) is 5.02. The predicted molar refractivity (Wildman–Crippen MR) is 74.7 cm³/mol.